The Hall–Kier alpha value is -2.93. The van der Waals surface area contributed by atoms with Crippen LogP contribution in [0.5, 0.6) is 0 Å². The Labute approximate surface area is 157 Å². The van der Waals surface area contributed by atoms with E-state index < -0.39 is 34.5 Å². The zero-order valence-corrected chi connectivity index (χ0v) is 15.7. The topological polar surface area (TPSA) is 86.7 Å². The number of Topliss-reactive ketones (excluding diaryl/α,β-unsaturated/α-hetero) is 1. The number of sulfone groups is 1. The molecule has 2 aromatic carbocycles. The van der Waals surface area contributed by atoms with E-state index in [1.807, 2.05) is 0 Å². The van der Waals surface area contributed by atoms with Gasteiger partial charge in [0.05, 0.1) is 15.9 Å². The molecule has 0 aliphatic carbocycles. The molecule has 140 valence electrons. The molecule has 1 aliphatic heterocycles. The van der Waals surface area contributed by atoms with Crippen molar-refractivity contribution in [2.24, 2.45) is 0 Å². The number of allylic oxidation sites excluding steroid dienone is 1. The molecule has 0 fully saturated rings. The standard InChI is InChI=1S/C20H18O6S/c1-13(2)26-20(22)25-12-17-18(14-8-4-3-5-9-14)19(21)15-10-6-7-11-16(15)27(17,23)24/h3-11,13H,12H2,1-2H3. The fourth-order valence-corrected chi connectivity index (χ4v) is 4.48. The van der Waals surface area contributed by atoms with Crippen LogP contribution in [0.1, 0.15) is 29.8 Å². The van der Waals surface area contributed by atoms with Crippen molar-refractivity contribution in [3.05, 3.63) is 70.6 Å². The van der Waals surface area contributed by atoms with Crippen LogP contribution in [0.15, 0.2) is 64.4 Å². The molecule has 3 rings (SSSR count). The maximum Gasteiger partial charge on any atom is 0.508 e. The molecule has 0 spiro atoms. The van der Waals surface area contributed by atoms with Gasteiger partial charge in [-0.1, -0.05) is 42.5 Å². The molecule has 0 saturated carbocycles. The Kier molecular flexibility index (Phi) is 5.14. The minimum Gasteiger partial charge on any atom is -0.432 e. The molecular formula is C20H18O6S. The van der Waals surface area contributed by atoms with Crippen molar-refractivity contribution >= 4 is 27.3 Å². The Balaban J connectivity index is 2.13. The number of carbonyl (C=O) groups is 2. The molecule has 1 aliphatic rings. The molecule has 0 aromatic heterocycles. The first-order valence-corrected chi connectivity index (χ1v) is 9.81. The summed E-state index contributed by atoms with van der Waals surface area (Å²) in [6, 6.07) is 14.4. The van der Waals surface area contributed by atoms with Crippen LogP contribution < -0.4 is 0 Å². The van der Waals surface area contributed by atoms with E-state index >= 15 is 0 Å². The summed E-state index contributed by atoms with van der Waals surface area (Å²) < 4.78 is 36.1. The van der Waals surface area contributed by atoms with Crippen molar-refractivity contribution in [2.75, 3.05) is 6.61 Å². The maximum atomic E-state index is 13.1. The van der Waals surface area contributed by atoms with Gasteiger partial charge < -0.3 is 9.47 Å². The first-order chi connectivity index (χ1) is 12.8. The first kappa shape index (κ1) is 18.8. The van der Waals surface area contributed by atoms with Gasteiger partial charge in [-0.2, -0.15) is 0 Å². The van der Waals surface area contributed by atoms with Crippen LogP contribution in [-0.2, 0) is 19.3 Å². The third kappa shape index (κ3) is 3.64. The van der Waals surface area contributed by atoms with Gasteiger partial charge in [-0.05, 0) is 31.5 Å². The largest absolute Gasteiger partial charge is 0.508 e. The summed E-state index contributed by atoms with van der Waals surface area (Å²) in [6.07, 6.45) is -1.41. The second-order valence-corrected chi connectivity index (χ2v) is 8.14. The highest BCUT2D eigenvalue weighted by Gasteiger charge is 2.38. The molecule has 0 unspecified atom stereocenters. The van der Waals surface area contributed by atoms with Crippen LogP contribution in [0.25, 0.3) is 5.57 Å². The molecule has 0 N–H and O–H groups in total. The summed E-state index contributed by atoms with van der Waals surface area (Å²) in [5, 5.41) is 0. The molecule has 2 aromatic rings. The zero-order chi connectivity index (χ0) is 19.6. The van der Waals surface area contributed by atoms with Gasteiger partial charge in [-0.15, -0.1) is 0 Å². The van der Waals surface area contributed by atoms with E-state index in [0.29, 0.717) is 5.56 Å². The van der Waals surface area contributed by atoms with Crippen molar-refractivity contribution in [3.8, 4) is 0 Å². The predicted molar refractivity (Wildman–Crippen MR) is 98.9 cm³/mol. The maximum absolute atomic E-state index is 13.1. The lowest BCUT2D eigenvalue weighted by atomic mass is 9.96. The van der Waals surface area contributed by atoms with Crippen LogP contribution in [0, 0.1) is 0 Å². The summed E-state index contributed by atoms with van der Waals surface area (Å²) in [4.78, 5) is 24.4. The lowest BCUT2D eigenvalue weighted by Gasteiger charge is -2.22. The molecule has 0 atom stereocenters. The number of hydrogen-bond donors (Lipinski definition) is 0. The smallest absolute Gasteiger partial charge is 0.432 e. The average Bonchev–Trinajstić information content (AvgIpc) is 2.64. The van der Waals surface area contributed by atoms with Crippen LogP contribution in [-0.4, -0.2) is 33.1 Å². The summed E-state index contributed by atoms with van der Waals surface area (Å²) in [6.45, 7) is 2.71. The molecule has 0 amide bonds. The lowest BCUT2D eigenvalue weighted by Crippen LogP contribution is -2.25. The van der Waals surface area contributed by atoms with E-state index in [1.54, 1.807) is 56.3 Å². The van der Waals surface area contributed by atoms with Gasteiger partial charge in [0.25, 0.3) is 0 Å². The van der Waals surface area contributed by atoms with Crippen LogP contribution in [0.3, 0.4) is 0 Å². The Morgan fingerprint density at radius 2 is 1.63 bits per heavy atom. The third-order valence-corrected chi connectivity index (χ3v) is 5.87. The average molecular weight is 386 g/mol. The molecule has 1 heterocycles. The van der Waals surface area contributed by atoms with E-state index in [0.717, 1.165) is 0 Å². The Morgan fingerprint density at radius 1 is 1.00 bits per heavy atom. The Bertz CT molecular complexity index is 1020. The highest BCUT2D eigenvalue weighted by atomic mass is 32.2. The van der Waals surface area contributed by atoms with Gasteiger partial charge in [0, 0.05) is 11.1 Å². The van der Waals surface area contributed by atoms with E-state index in [-0.39, 0.29) is 20.9 Å². The number of hydrogen-bond acceptors (Lipinski definition) is 6. The normalized spacial score (nSPS) is 15.4. The number of fused-ring (bicyclic) bond motifs is 1. The monoisotopic (exact) mass is 386 g/mol. The van der Waals surface area contributed by atoms with E-state index in [2.05, 4.69) is 0 Å². The van der Waals surface area contributed by atoms with Gasteiger partial charge in [-0.25, -0.2) is 13.2 Å². The van der Waals surface area contributed by atoms with E-state index in [1.165, 1.54) is 12.1 Å². The van der Waals surface area contributed by atoms with Crippen molar-refractivity contribution in [1.29, 1.82) is 0 Å². The first-order valence-electron chi connectivity index (χ1n) is 8.33. The zero-order valence-electron chi connectivity index (χ0n) is 14.8. The van der Waals surface area contributed by atoms with Crippen LogP contribution >= 0.6 is 0 Å². The second kappa shape index (κ2) is 7.36. The molecule has 6 nitrogen and oxygen atoms in total. The number of ether oxygens (including phenoxy) is 2. The number of rotatable bonds is 4. The third-order valence-electron chi connectivity index (χ3n) is 3.97. The molecule has 7 heteroatoms. The minimum atomic E-state index is -4.01. The van der Waals surface area contributed by atoms with E-state index in [9.17, 15) is 18.0 Å². The fraction of sp³-hybridized carbons (Fsp3) is 0.200. The van der Waals surface area contributed by atoms with Crippen molar-refractivity contribution in [1.82, 2.24) is 0 Å². The van der Waals surface area contributed by atoms with Crippen molar-refractivity contribution in [3.63, 3.8) is 0 Å². The molecule has 0 bridgehead atoms. The molecule has 27 heavy (non-hydrogen) atoms. The van der Waals surface area contributed by atoms with Gasteiger partial charge in [0.1, 0.15) is 6.61 Å². The van der Waals surface area contributed by atoms with Gasteiger partial charge >= 0.3 is 6.16 Å². The van der Waals surface area contributed by atoms with Crippen LogP contribution in [0.4, 0.5) is 4.79 Å². The fourth-order valence-electron chi connectivity index (χ4n) is 2.81. The Morgan fingerprint density at radius 3 is 2.30 bits per heavy atom. The van der Waals surface area contributed by atoms with Gasteiger partial charge in [-0.3, -0.25) is 4.79 Å². The van der Waals surface area contributed by atoms with Crippen molar-refractivity contribution < 1.29 is 27.5 Å². The SMILES string of the molecule is CC(C)OC(=O)OCC1=C(c2ccccc2)C(=O)c2ccccc2S1(=O)=O. The lowest BCUT2D eigenvalue weighted by molar-refractivity contribution is 0.0408. The minimum absolute atomic E-state index is 0.00615. The molecule has 0 radical (unpaired) electrons. The quantitative estimate of drug-likeness (QED) is 0.746. The number of carbonyl (C=O) groups excluding carboxylic acids is 2. The highest BCUT2D eigenvalue weighted by Crippen LogP contribution is 2.37. The van der Waals surface area contributed by atoms with Crippen LogP contribution in [0.2, 0.25) is 0 Å². The molecular weight excluding hydrogens is 368 g/mol. The summed E-state index contributed by atoms with van der Waals surface area (Å²) >= 11 is 0. The molecule has 0 saturated heterocycles. The summed E-state index contributed by atoms with van der Waals surface area (Å²) in [7, 11) is -4.01. The highest BCUT2D eigenvalue weighted by molar-refractivity contribution is 7.95. The van der Waals surface area contributed by atoms with Gasteiger partial charge in [0.15, 0.2) is 5.78 Å². The number of ketones is 1. The summed E-state index contributed by atoms with van der Waals surface area (Å²) in [5.41, 5.74) is 0.549. The van der Waals surface area contributed by atoms with E-state index in [4.69, 9.17) is 9.47 Å². The van der Waals surface area contributed by atoms with Gasteiger partial charge in [0.2, 0.25) is 9.84 Å². The number of benzene rings is 2. The predicted octanol–water partition coefficient (Wildman–Crippen LogP) is 3.63. The van der Waals surface area contributed by atoms with Crippen molar-refractivity contribution in [2.45, 2.75) is 24.8 Å². The second-order valence-electron chi connectivity index (χ2n) is 6.20. The summed E-state index contributed by atoms with van der Waals surface area (Å²) in [5.74, 6) is -0.428.